The summed E-state index contributed by atoms with van der Waals surface area (Å²) in [7, 11) is 0. The smallest absolute Gasteiger partial charge is 0.265 e. The molecule has 0 atom stereocenters. The number of quaternary nitrogens is 1. The van der Waals surface area contributed by atoms with Gasteiger partial charge in [-0.25, -0.2) is 0 Å². The van der Waals surface area contributed by atoms with Gasteiger partial charge in [0.2, 0.25) is 0 Å². The van der Waals surface area contributed by atoms with Gasteiger partial charge in [-0.15, -0.1) is 0 Å². The second-order valence-corrected chi connectivity index (χ2v) is 5.95. The van der Waals surface area contributed by atoms with Gasteiger partial charge in [0.25, 0.3) is 11.5 Å². The van der Waals surface area contributed by atoms with Crippen LogP contribution in [0.25, 0.3) is 10.9 Å². The Labute approximate surface area is 139 Å². The van der Waals surface area contributed by atoms with Gasteiger partial charge in [-0.1, -0.05) is 12.1 Å². The molecular weight excluding hydrogens is 310 g/mol. The molecule has 128 valence electrons. The number of rotatable bonds is 5. The van der Waals surface area contributed by atoms with Crippen molar-refractivity contribution >= 4 is 16.8 Å². The molecule has 24 heavy (non-hydrogen) atoms. The van der Waals surface area contributed by atoms with E-state index in [1.165, 1.54) is 4.90 Å². The minimum atomic E-state index is -0.581. The van der Waals surface area contributed by atoms with E-state index in [9.17, 15) is 14.7 Å². The molecule has 1 fully saturated rings. The molecule has 4 N–H and O–H groups in total. The predicted octanol–water partition coefficient (Wildman–Crippen LogP) is -0.731. The average molecular weight is 332 g/mol. The van der Waals surface area contributed by atoms with Crippen molar-refractivity contribution in [3.05, 3.63) is 40.2 Å². The van der Waals surface area contributed by atoms with E-state index in [-0.39, 0.29) is 11.3 Å². The highest BCUT2D eigenvalue weighted by molar-refractivity contribution is 6.01. The lowest BCUT2D eigenvalue weighted by atomic mass is 10.1. The van der Waals surface area contributed by atoms with Gasteiger partial charge in [-0.2, -0.15) is 0 Å². The monoisotopic (exact) mass is 332 g/mol. The zero-order valence-corrected chi connectivity index (χ0v) is 13.4. The van der Waals surface area contributed by atoms with E-state index in [4.69, 9.17) is 4.74 Å². The normalized spacial score (nSPS) is 15.5. The largest absolute Gasteiger partial charge is 0.506 e. The number of nitrogens with one attached hydrogen (secondary N) is 3. The topological polar surface area (TPSA) is 95.9 Å². The van der Waals surface area contributed by atoms with E-state index in [0.717, 1.165) is 39.3 Å². The molecule has 1 saturated heterocycles. The van der Waals surface area contributed by atoms with Crippen molar-refractivity contribution in [1.82, 2.24) is 10.3 Å². The summed E-state index contributed by atoms with van der Waals surface area (Å²) in [6.07, 6.45) is 0.813. The Balaban J connectivity index is 1.62. The molecule has 7 heteroatoms. The number of para-hydroxylation sites is 1. The van der Waals surface area contributed by atoms with E-state index in [1.54, 1.807) is 24.3 Å². The van der Waals surface area contributed by atoms with Gasteiger partial charge in [-0.3, -0.25) is 9.59 Å². The van der Waals surface area contributed by atoms with Crippen molar-refractivity contribution in [3.8, 4) is 5.75 Å². The van der Waals surface area contributed by atoms with Crippen LogP contribution in [0.15, 0.2) is 29.1 Å². The number of fused-ring (bicyclic) bond motifs is 1. The molecular formula is C17H22N3O4+. The maximum atomic E-state index is 12.3. The van der Waals surface area contributed by atoms with Crippen molar-refractivity contribution < 1.29 is 19.5 Å². The number of pyridine rings is 1. The van der Waals surface area contributed by atoms with Crippen LogP contribution >= 0.6 is 0 Å². The lowest BCUT2D eigenvalue weighted by Crippen LogP contribution is -3.14. The number of ether oxygens (including phenoxy) is 1. The second kappa shape index (κ2) is 7.46. The number of aromatic nitrogens is 1. The van der Waals surface area contributed by atoms with Crippen LogP contribution in [0, 0.1) is 0 Å². The van der Waals surface area contributed by atoms with Crippen molar-refractivity contribution in [1.29, 1.82) is 0 Å². The molecule has 0 spiro atoms. The Morgan fingerprint density at radius 2 is 2.04 bits per heavy atom. The Hall–Kier alpha value is -2.38. The Kier molecular flexibility index (Phi) is 5.12. The van der Waals surface area contributed by atoms with Gasteiger partial charge < -0.3 is 25.0 Å². The fourth-order valence-corrected chi connectivity index (χ4v) is 2.98. The Bertz CT molecular complexity index is 781. The van der Waals surface area contributed by atoms with E-state index in [0.29, 0.717) is 17.4 Å². The molecule has 2 heterocycles. The van der Waals surface area contributed by atoms with Crippen LogP contribution in [0.5, 0.6) is 5.75 Å². The van der Waals surface area contributed by atoms with Crippen LogP contribution in [-0.4, -0.2) is 55.4 Å². The number of morpholine rings is 1. The third kappa shape index (κ3) is 3.58. The van der Waals surface area contributed by atoms with Crippen molar-refractivity contribution in [3.63, 3.8) is 0 Å². The first-order valence-electron chi connectivity index (χ1n) is 8.20. The van der Waals surface area contributed by atoms with E-state index >= 15 is 0 Å². The van der Waals surface area contributed by atoms with Gasteiger partial charge in [0.1, 0.15) is 24.4 Å². The first-order valence-corrected chi connectivity index (χ1v) is 8.20. The molecule has 7 nitrogen and oxygen atoms in total. The van der Waals surface area contributed by atoms with E-state index < -0.39 is 11.5 Å². The number of aromatic hydroxyl groups is 1. The molecule has 1 aromatic carbocycles. The Morgan fingerprint density at radius 3 is 2.83 bits per heavy atom. The quantitative estimate of drug-likeness (QED) is 0.543. The van der Waals surface area contributed by atoms with Crippen LogP contribution in [-0.2, 0) is 4.74 Å². The van der Waals surface area contributed by atoms with E-state index in [1.807, 2.05) is 0 Å². The molecule has 0 aliphatic carbocycles. The van der Waals surface area contributed by atoms with Gasteiger partial charge in [0.15, 0.2) is 0 Å². The number of carbonyl (C=O) groups is 1. The number of H-pyrrole nitrogens is 1. The number of hydrogen-bond acceptors (Lipinski definition) is 4. The summed E-state index contributed by atoms with van der Waals surface area (Å²) in [5.74, 6) is -0.817. The Morgan fingerprint density at radius 1 is 1.29 bits per heavy atom. The number of aromatic amines is 1. The fourth-order valence-electron chi connectivity index (χ4n) is 2.98. The highest BCUT2D eigenvalue weighted by atomic mass is 16.5. The van der Waals surface area contributed by atoms with Crippen LogP contribution in [0.1, 0.15) is 16.8 Å². The van der Waals surface area contributed by atoms with Crippen LogP contribution in [0.4, 0.5) is 0 Å². The first-order chi connectivity index (χ1) is 11.7. The summed E-state index contributed by atoms with van der Waals surface area (Å²) in [5.41, 5.74) is -0.303. The van der Waals surface area contributed by atoms with Crippen LogP contribution < -0.4 is 15.8 Å². The highest BCUT2D eigenvalue weighted by Crippen LogP contribution is 2.24. The molecule has 0 bridgehead atoms. The second-order valence-electron chi connectivity index (χ2n) is 5.95. The average Bonchev–Trinajstić information content (AvgIpc) is 2.60. The van der Waals surface area contributed by atoms with Gasteiger partial charge in [-0.05, 0) is 12.1 Å². The minimum absolute atomic E-state index is 0.229. The van der Waals surface area contributed by atoms with E-state index in [2.05, 4.69) is 10.3 Å². The van der Waals surface area contributed by atoms with Gasteiger partial charge in [0, 0.05) is 18.4 Å². The van der Waals surface area contributed by atoms with Crippen molar-refractivity contribution in [2.45, 2.75) is 6.42 Å². The van der Waals surface area contributed by atoms with Crippen LogP contribution in [0.2, 0.25) is 0 Å². The number of carbonyl (C=O) groups excluding carboxylic acids is 1. The number of amides is 1. The number of hydrogen-bond donors (Lipinski definition) is 4. The predicted molar refractivity (Wildman–Crippen MR) is 89.6 cm³/mol. The third-order valence-corrected chi connectivity index (χ3v) is 4.31. The maximum absolute atomic E-state index is 12.3. The summed E-state index contributed by atoms with van der Waals surface area (Å²) in [4.78, 5) is 28.4. The highest BCUT2D eigenvalue weighted by Gasteiger charge is 2.19. The SMILES string of the molecule is O=C(NCCC[NH+]1CCOCC1)c1c(O)c2ccccc2[nH]c1=O. The summed E-state index contributed by atoms with van der Waals surface area (Å²) in [6.45, 7) is 4.95. The standard InChI is InChI=1S/C17H21N3O4/c21-15-12-4-1-2-5-13(12)19-17(23)14(15)16(22)18-6-3-7-20-8-10-24-11-9-20/h1-2,4-5H,3,6-11H2,(H,18,22)(H2,19,21,23)/p+1. The summed E-state index contributed by atoms with van der Waals surface area (Å²) < 4.78 is 5.31. The lowest BCUT2D eigenvalue weighted by molar-refractivity contribution is -0.908. The molecule has 0 unspecified atom stereocenters. The summed E-state index contributed by atoms with van der Waals surface area (Å²) in [6, 6.07) is 6.85. The molecule has 3 rings (SSSR count). The summed E-state index contributed by atoms with van der Waals surface area (Å²) >= 11 is 0. The first kappa shape index (κ1) is 16.5. The minimum Gasteiger partial charge on any atom is -0.506 e. The molecule has 0 saturated carbocycles. The van der Waals surface area contributed by atoms with Crippen molar-refractivity contribution in [2.75, 3.05) is 39.4 Å². The number of benzene rings is 1. The molecule has 0 radical (unpaired) electrons. The molecule has 1 amide bonds. The van der Waals surface area contributed by atoms with Gasteiger partial charge in [0.05, 0.1) is 25.3 Å². The van der Waals surface area contributed by atoms with Crippen LogP contribution in [0.3, 0.4) is 0 Å². The maximum Gasteiger partial charge on any atom is 0.265 e. The van der Waals surface area contributed by atoms with Crippen molar-refractivity contribution in [2.24, 2.45) is 0 Å². The molecule has 2 aromatic rings. The molecule has 1 aliphatic heterocycles. The third-order valence-electron chi connectivity index (χ3n) is 4.31. The van der Waals surface area contributed by atoms with Gasteiger partial charge >= 0.3 is 0 Å². The fraction of sp³-hybridized carbons (Fsp3) is 0.412. The summed E-state index contributed by atoms with van der Waals surface area (Å²) in [5, 5.41) is 13.4. The zero-order chi connectivity index (χ0) is 16.9. The molecule has 1 aromatic heterocycles. The lowest BCUT2D eigenvalue weighted by Gasteiger charge is -2.23. The zero-order valence-electron chi connectivity index (χ0n) is 13.4. The molecule has 1 aliphatic rings.